The van der Waals surface area contributed by atoms with E-state index >= 15 is 0 Å². The number of rotatable bonds is 5. The van der Waals surface area contributed by atoms with Crippen molar-refractivity contribution in [3.63, 3.8) is 0 Å². The van der Waals surface area contributed by atoms with Gasteiger partial charge in [0.15, 0.2) is 0 Å². The minimum absolute atomic E-state index is 0.309. The monoisotopic (exact) mass is 224 g/mol. The van der Waals surface area contributed by atoms with E-state index in [9.17, 15) is 4.79 Å². The molecule has 3 nitrogen and oxygen atoms in total. The maximum absolute atomic E-state index is 11.6. The van der Waals surface area contributed by atoms with Gasteiger partial charge in [0.1, 0.15) is 0 Å². The van der Waals surface area contributed by atoms with Gasteiger partial charge in [-0.2, -0.15) is 0 Å². The van der Waals surface area contributed by atoms with Crippen LogP contribution in [0.5, 0.6) is 0 Å². The Bertz CT molecular complexity index is 250. The van der Waals surface area contributed by atoms with Crippen LogP contribution >= 0.6 is 0 Å². The third-order valence-electron chi connectivity index (χ3n) is 3.92. The molecule has 16 heavy (non-hydrogen) atoms. The number of hydrogen-bond acceptors (Lipinski definition) is 2. The van der Waals surface area contributed by atoms with Crippen LogP contribution in [0.1, 0.15) is 46.0 Å². The highest BCUT2D eigenvalue weighted by Gasteiger charge is 2.33. The van der Waals surface area contributed by atoms with Crippen molar-refractivity contribution in [2.24, 2.45) is 5.92 Å². The summed E-state index contributed by atoms with van der Waals surface area (Å²) in [5, 5.41) is 3.74. The van der Waals surface area contributed by atoms with Crippen LogP contribution in [0.3, 0.4) is 0 Å². The Morgan fingerprint density at radius 2 is 2.12 bits per heavy atom. The molecule has 0 spiro atoms. The summed E-state index contributed by atoms with van der Waals surface area (Å²) < 4.78 is 0. The summed E-state index contributed by atoms with van der Waals surface area (Å²) in [5.74, 6) is 1.23. The van der Waals surface area contributed by atoms with E-state index in [4.69, 9.17) is 0 Å². The SMILES string of the molecule is CCC(=O)N1CCC(NC(CC)C2CC2)C1. The van der Waals surface area contributed by atoms with Crippen LogP contribution in [-0.2, 0) is 4.79 Å². The summed E-state index contributed by atoms with van der Waals surface area (Å²) in [6, 6.07) is 1.24. The van der Waals surface area contributed by atoms with E-state index in [1.165, 1.54) is 19.3 Å². The highest BCUT2D eigenvalue weighted by molar-refractivity contribution is 5.76. The summed E-state index contributed by atoms with van der Waals surface area (Å²) in [5.41, 5.74) is 0. The van der Waals surface area contributed by atoms with E-state index in [2.05, 4.69) is 12.2 Å². The first kappa shape index (κ1) is 11.9. The molecule has 1 amide bonds. The first-order chi connectivity index (χ1) is 7.74. The van der Waals surface area contributed by atoms with Crippen LogP contribution in [0, 0.1) is 5.92 Å². The number of amides is 1. The van der Waals surface area contributed by atoms with E-state index < -0.39 is 0 Å². The Hall–Kier alpha value is -0.570. The van der Waals surface area contributed by atoms with Crippen molar-refractivity contribution in [1.29, 1.82) is 0 Å². The third-order valence-corrected chi connectivity index (χ3v) is 3.92. The van der Waals surface area contributed by atoms with Crippen LogP contribution in [-0.4, -0.2) is 36.0 Å². The van der Waals surface area contributed by atoms with E-state index in [1.807, 2.05) is 11.8 Å². The Labute approximate surface area is 98.6 Å². The second-order valence-electron chi connectivity index (χ2n) is 5.20. The van der Waals surface area contributed by atoms with Gasteiger partial charge in [-0.15, -0.1) is 0 Å². The Morgan fingerprint density at radius 3 is 2.69 bits per heavy atom. The molecule has 3 heteroatoms. The smallest absolute Gasteiger partial charge is 0.222 e. The van der Waals surface area contributed by atoms with Crippen LogP contribution in [0.4, 0.5) is 0 Å². The molecule has 92 valence electrons. The zero-order valence-electron chi connectivity index (χ0n) is 10.5. The van der Waals surface area contributed by atoms with Gasteiger partial charge in [-0.3, -0.25) is 4.79 Å². The summed E-state index contributed by atoms with van der Waals surface area (Å²) in [6.45, 7) is 6.09. The summed E-state index contributed by atoms with van der Waals surface area (Å²) in [4.78, 5) is 13.6. The normalized spacial score (nSPS) is 27.1. The molecule has 2 fully saturated rings. The Balaban J connectivity index is 1.77. The second-order valence-corrected chi connectivity index (χ2v) is 5.20. The van der Waals surface area contributed by atoms with Gasteiger partial charge in [-0.1, -0.05) is 13.8 Å². The molecule has 0 bridgehead atoms. The van der Waals surface area contributed by atoms with Crippen molar-refractivity contribution in [3.05, 3.63) is 0 Å². The van der Waals surface area contributed by atoms with Gasteiger partial charge in [0.25, 0.3) is 0 Å². The van der Waals surface area contributed by atoms with Crippen molar-refractivity contribution in [3.8, 4) is 0 Å². The number of likely N-dealkylation sites (tertiary alicyclic amines) is 1. The largest absolute Gasteiger partial charge is 0.341 e. The molecule has 2 rings (SSSR count). The van der Waals surface area contributed by atoms with Crippen molar-refractivity contribution in [2.45, 2.75) is 58.0 Å². The van der Waals surface area contributed by atoms with E-state index in [1.54, 1.807) is 0 Å². The van der Waals surface area contributed by atoms with Crippen molar-refractivity contribution >= 4 is 5.91 Å². The Kier molecular flexibility index (Phi) is 3.85. The fourth-order valence-electron chi connectivity index (χ4n) is 2.74. The Morgan fingerprint density at radius 1 is 1.38 bits per heavy atom. The lowest BCUT2D eigenvalue weighted by Crippen LogP contribution is -2.41. The first-order valence-corrected chi connectivity index (χ1v) is 6.78. The maximum Gasteiger partial charge on any atom is 0.222 e. The number of nitrogens with zero attached hydrogens (tertiary/aromatic N) is 1. The zero-order valence-corrected chi connectivity index (χ0v) is 10.5. The predicted octanol–water partition coefficient (Wildman–Crippen LogP) is 1.78. The molecule has 1 aliphatic carbocycles. The minimum Gasteiger partial charge on any atom is -0.341 e. The standard InChI is InChI=1S/C13H24N2O/c1-3-12(10-5-6-10)14-11-7-8-15(9-11)13(16)4-2/h10-12,14H,3-9H2,1-2H3. The van der Waals surface area contributed by atoms with Crippen LogP contribution < -0.4 is 5.32 Å². The maximum atomic E-state index is 11.6. The van der Waals surface area contributed by atoms with Gasteiger partial charge in [0, 0.05) is 31.6 Å². The van der Waals surface area contributed by atoms with Gasteiger partial charge < -0.3 is 10.2 Å². The molecule has 0 aromatic heterocycles. The predicted molar refractivity (Wildman–Crippen MR) is 65.2 cm³/mol. The van der Waals surface area contributed by atoms with Crippen LogP contribution in [0.2, 0.25) is 0 Å². The van der Waals surface area contributed by atoms with Gasteiger partial charge >= 0.3 is 0 Å². The molecule has 2 unspecified atom stereocenters. The van der Waals surface area contributed by atoms with E-state index in [0.29, 0.717) is 24.4 Å². The first-order valence-electron chi connectivity index (χ1n) is 6.78. The highest BCUT2D eigenvalue weighted by Crippen LogP contribution is 2.34. The zero-order chi connectivity index (χ0) is 11.5. The average molecular weight is 224 g/mol. The van der Waals surface area contributed by atoms with Gasteiger partial charge in [-0.05, 0) is 31.6 Å². The lowest BCUT2D eigenvalue weighted by atomic mass is 10.1. The van der Waals surface area contributed by atoms with Gasteiger partial charge in [0.05, 0.1) is 0 Å². The van der Waals surface area contributed by atoms with Gasteiger partial charge in [0.2, 0.25) is 5.91 Å². The fourth-order valence-corrected chi connectivity index (χ4v) is 2.74. The average Bonchev–Trinajstić information content (AvgIpc) is 3.04. The van der Waals surface area contributed by atoms with Gasteiger partial charge in [-0.25, -0.2) is 0 Å². The summed E-state index contributed by atoms with van der Waals surface area (Å²) in [6.07, 6.45) is 5.80. The fraction of sp³-hybridized carbons (Fsp3) is 0.923. The van der Waals surface area contributed by atoms with Crippen molar-refractivity contribution in [1.82, 2.24) is 10.2 Å². The molecule has 1 saturated heterocycles. The van der Waals surface area contributed by atoms with Crippen molar-refractivity contribution < 1.29 is 4.79 Å². The van der Waals surface area contributed by atoms with E-state index in [0.717, 1.165) is 25.4 Å². The number of carbonyl (C=O) groups is 1. The van der Waals surface area contributed by atoms with Crippen LogP contribution in [0.25, 0.3) is 0 Å². The molecule has 0 radical (unpaired) electrons. The van der Waals surface area contributed by atoms with E-state index in [-0.39, 0.29) is 0 Å². The molecule has 2 atom stereocenters. The molecular weight excluding hydrogens is 200 g/mol. The molecule has 1 saturated carbocycles. The number of carbonyl (C=O) groups excluding carboxylic acids is 1. The van der Waals surface area contributed by atoms with Crippen molar-refractivity contribution in [2.75, 3.05) is 13.1 Å². The molecule has 1 heterocycles. The topological polar surface area (TPSA) is 32.3 Å². The molecule has 1 aliphatic heterocycles. The molecule has 2 aliphatic rings. The number of hydrogen-bond donors (Lipinski definition) is 1. The van der Waals surface area contributed by atoms with Crippen LogP contribution in [0.15, 0.2) is 0 Å². The summed E-state index contributed by atoms with van der Waals surface area (Å²) in [7, 11) is 0. The minimum atomic E-state index is 0.309. The lowest BCUT2D eigenvalue weighted by Gasteiger charge is -2.22. The summed E-state index contributed by atoms with van der Waals surface area (Å²) >= 11 is 0. The highest BCUT2D eigenvalue weighted by atomic mass is 16.2. The number of nitrogens with one attached hydrogen (secondary N) is 1. The molecule has 0 aromatic rings. The second kappa shape index (κ2) is 5.17. The lowest BCUT2D eigenvalue weighted by molar-refractivity contribution is -0.129. The molecule has 1 N–H and O–H groups in total. The molecular formula is C13H24N2O. The molecule has 0 aromatic carbocycles. The quantitative estimate of drug-likeness (QED) is 0.772. The third kappa shape index (κ3) is 2.76.